The van der Waals surface area contributed by atoms with Gasteiger partial charge in [-0.3, -0.25) is 4.79 Å². The van der Waals surface area contributed by atoms with Crippen molar-refractivity contribution in [3.05, 3.63) is 29.8 Å². The normalized spacial score (nSPS) is 20.3. The Morgan fingerprint density at radius 1 is 1.41 bits per heavy atom. The van der Waals surface area contributed by atoms with E-state index in [0.717, 1.165) is 25.1 Å². The smallest absolute Gasteiger partial charge is 0.226 e. The van der Waals surface area contributed by atoms with Crippen molar-refractivity contribution >= 4 is 5.91 Å². The molecule has 3 heteroatoms. The van der Waals surface area contributed by atoms with Crippen molar-refractivity contribution in [3.8, 4) is 5.75 Å². The molecule has 1 aliphatic rings. The summed E-state index contributed by atoms with van der Waals surface area (Å²) in [6, 6.07) is 6.87. The van der Waals surface area contributed by atoms with Gasteiger partial charge in [0, 0.05) is 13.1 Å². The molecule has 3 nitrogen and oxygen atoms in total. The lowest BCUT2D eigenvalue weighted by molar-refractivity contribution is -0.132. The zero-order chi connectivity index (χ0) is 12.3. The molecule has 1 N–H and O–H groups in total. The Bertz CT molecular complexity index is 386. The fraction of sp³-hybridized carbons (Fsp3) is 0.500. The molecule has 1 aliphatic heterocycles. The Hall–Kier alpha value is -1.51. The van der Waals surface area contributed by atoms with Gasteiger partial charge in [0.25, 0.3) is 0 Å². The lowest BCUT2D eigenvalue weighted by Crippen LogP contribution is -2.39. The molecule has 0 radical (unpaired) electrons. The minimum Gasteiger partial charge on any atom is -0.508 e. The number of nitrogens with zero attached hydrogens (tertiary/aromatic N) is 1. The maximum atomic E-state index is 12.1. The summed E-state index contributed by atoms with van der Waals surface area (Å²) in [6.07, 6.45) is 2.78. The number of aromatic hydroxyl groups is 1. The van der Waals surface area contributed by atoms with Gasteiger partial charge in [0.15, 0.2) is 0 Å². The molecule has 1 fully saturated rings. The Balaban J connectivity index is 1.94. The lowest BCUT2D eigenvalue weighted by Gasteiger charge is -2.31. The van der Waals surface area contributed by atoms with Crippen LogP contribution in [0, 0.1) is 5.92 Å². The molecular formula is C14H19NO2. The van der Waals surface area contributed by atoms with E-state index >= 15 is 0 Å². The molecule has 1 aromatic carbocycles. The van der Waals surface area contributed by atoms with Crippen molar-refractivity contribution in [2.45, 2.75) is 26.2 Å². The predicted octanol–water partition coefficient (Wildman–Crippen LogP) is 2.19. The van der Waals surface area contributed by atoms with E-state index < -0.39 is 0 Å². The molecule has 1 aromatic rings. The Kier molecular flexibility index (Phi) is 3.67. The fourth-order valence-electron chi connectivity index (χ4n) is 2.32. The van der Waals surface area contributed by atoms with Gasteiger partial charge in [0.1, 0.15) is 5.75 Å². The third-order valence-corrected chi connectivity index (χ3v) is 3.30. The highest BCUT2D eigenvalue weighted by molar-refractivity contribution is 5.78. The van der Waals surface area contributed by atoms with Crippen LogP contribution in [0.2, 0.25) is 0 Å². The molecule has 1 atom stereocenters. The number of carbonyl (C=O) groups excluding carboxylic acids is 1. The van der Waals surface area contributed by atoms with Crippen molar-refractivity contribution in [2.24, 2.45) is 5.92 Å². The molecule has 17 heavy (non-hydrogen) atoms. The summed E-state index contributed by atoms with van der Waals surface area (Å²) in [5.41, 5.74) is 0.964. The summed E-state index contributed by atoms with van der Waals surface area (Å²) in [6.45, 7) is 3.97. The van der Waals surface area contributed by atoms with Crippen LogP contribution in [0.3, 0.4) is 0 Å². The number of amides is 1. The molecule has 0 saturated carbocycles. The number of piperidine rings is 1. The number of benzene rings is 1. The summed E-state index contributed by atoms with van der Waals surface area (Å²) >= 11 is 0. The second kappa shape index (κ2) is 5.21. The SMILES string of the molecule is CC1CCCN(C(=O)Cc2ccc(O)cc2)C1. The van der Waals surface area contributed by atoms with Crippen LogP contribution < -0.4 is 0 Å². The molecule has 92 valence electrons. The number of hydrogen-bond acceptors (Lipinski definition) is 2. The van der Waals surface area contributed by atoms with E-state index in [4.69, 9.17) is 0 Å². The number of carbonyl (C=O) groups is 1. The fourth-order valence-corrected chi connectivity index (χ4v) is 2.32. The first kappa shape index (κ1) is 12.0. The second-order valence-corrected chi connectivity index (χ2v) is 4.93. The van der Waals surface area contributed by atoms with Crippen LogP contribution in [0.15, 0.2) is 24.3 Å². The average Bonchev–Trinajstić information content (AvgIpc) is 2.32. The standard InChI is InChI=1S/C14H19NO2/c1-11-3-2-8-15(10-11)14(17)9-12-4-6-13(16)7-5-12/h4-7,11,16H,2-3,8-10H2,1H3. The Labute approximate surface area is 102 Å². The van der Waals surface area contributed by atoms with E-state index in [1.165, 1.54) is 6.42 Å². The van der Waals surface area contributed by atoms with Gasteiger partial charge in [-0.25, -0.2) is 0 Å². The molecule has 1 amide bonds. The summed E-state index contributed by atoms with van der Waals surface area (Å²) in [5, 5.41) is 9.18. The number of phenols is 1. The molecule has 0 aliphatic carbocycles. The summed E-state index contributed by atoms with van der Waals surface area (Å²) in [5.74, 6) is 1.06. The van der Waals surface area contributed by atoms with Crippen molar-refractivity contribution in [1.29, 1.82) is 0 Å². The van der Waals surface area contributed by atoms with Crippen molar-refractivity contribution in [2.75, 3.05) is 13.1 Å². The largest absolute Gasteiger partial charge is 0.508 e. The third kappa shape index (κ3) is 3.22. The van der Waals surface area contributed by atoms with E-state index in [1.54, 1.807) is 24.3 Å². The van der Waals surface area contributed by atoms with Crippen LogP contribution in [0.1, 0.15) is 25.3 Å². The molecule has 0 aromatic heterocycles. The van der Waals surface area contributed by atoms with Crippen molar-refractivity contribution in [1.82, 2.24) is 4.90 Å². The minimum atomic E-state index is 0.197. The molecule has 2 rings (SSSR count). The summed E-state index contributed by atoms with van der Waals surface area (Å²) in [7, 11) is 0. The number of likely N-dealkylation sites (tertiary alicyclic amines) is 1. The van der Waals surface area contributed by atoms with E-state index in [2.05, 4.69) is 6.92 Å². The van der Waals surface area contributed by atoms with Crippen LogP contribution in [0.5, 0.6) is 5.75 Å². The highest BCUT2D eigenvalue weighted by Gasteiger charge is 2.20. The highest BCUT2D eigenvalue weighted by Crippen LogP contribution is 2.17. The van der Waals surface area contributed by atoms with E-state index in [9.17, 15) is 9.90 Å². The summed E-state index contributed by atoms with van der Waals surface area (Å²) < 4.78 is 0. The maximum Gasteiger partial charge on any atom is 0.226 e. The van der Waals surface area contributed by atoms with Crippen LogP contribution in [0.25, 0.3) is 0 Å². The van der Waals surface area contributed by atoms with Gasteiger partial charge in [-0.15, -0.1) is 0 Å². The summed E-state index contributed by atoms with van der Waals surface area (Å²) in [4.78, 5) is 14.0. The van der Waals surface area contributed by atoms with Gasteiger partial charge < -0.3 is 10.0 Å². The third-order valence-electron chi connectivity index (χ3n) is 3.30. The average molecular weight is 233 g/mol. The van der Waals surface area contributed by atoms with E-state index in [0.29, 0.717) is 12.3 Å². The predicted molar refractivity (Wildman–Crippen MR) is 66.8 cm³/mol. The lowest BCUT2D eigenvalue weighted by atomic mass is 9.99. The second-order valence-electron chi connectivity index (χ2n) is 4.93. The first-order valence-corrected chi connectivity index (χ1v) is 6.21. The number of rotatable bonds is 2. The Morgan fingerprint density at radius 2 is 2.12 bits per heavy atom. The first-order chi connectivity index (χ1) is 8.15. The van der Waals surface area contributed by atoms with Gasteiger partial charge >= 0.3 is 0 Å². The first-order valence-electron chi connectivity index (χ1n) is 6.21. The molecule has 1 saturated heterocycles. The number of hydrogen-bond donors (Lipinski definition) is 1. The zero-order valence-corrected chi connectivity index (χ0v) is 10.2. The minimum absolute atomic E-state index is 0.197. The monoisotopic (exact) mass is 233 g/mol. The van der Waals surface area contributed by atoms with Gasteiger partial charge in [-0.1, -0.05) is 19.1 Å². The van der Waals surface area contributed by atoms with Gasteiger partial charge in [-0.2, -0.15) is 0 Å². The number of phenolic OH excluding ortho intramolecular Hbond substituents is 1. The molecule has 1 heterocycles. The van der Waals surface area contributed by atoms with Gasteiger partial charge in [0.05, 0.1) is 6.42 Å². The van der Waals surface area contributed by atoms with E-state index in [-0.39, 0.29) is 11.7 Å². The molecule has 1 unspecified atom stereocenters. The van der Waals surface area contributed by atoms with Gasteiger partial charge in [0.2, 0.25) is 5.91 Å². The van der Waals surface area contributed by atoms with Crippen LogP contribution in [-0.4, -0.2) is 29.0 Å². The van der Waals surface area contributed by atoms with Crippen molar-refractivity contribution < 1.29 is 9.90 Å². The maximum absolute atomic E-state index is 12.1. The van der Waals surface area contributed by atoms with Crippen LogP contribution in [0.4, 0.5) is 0 Å². The van der Waals surface area contributed by atoms with Crippen LogP contribution >= 0.6 is 0 Å². The highest BCUT2D eigenvalue weighted by atomic mass is 16.3. The molecule has 0 spiro atoms. The topological polar surface area (TPSA) is 40.5 Å². The quantitative estimate of drug-likeness (QED) is 0.850. The Morgan fingerprint density at radius 3 is 2.76 bits per heavy atom. The molecule has 0 bridgehead atoms. The van der Waals surface area contributed by atoms with Crippen LogP contribution in [-0.2, 0) is 11.2 Å². The van der Waals surface area contributed by atoms with Gasteiger partial charge in [-0.05, 0) is 36.5 Å². The van der Waals surface area contributed by atoms with Crippen molar-refractivity contribution in [3.63, 3.8) is 0 Å². The molecular weight excluding hydrogens is 214 g/mol. The van der Waals surface area contributed by atoms with E-state index in [1.807, 2.05) is 4.90 Å². The zero-order valence-electron chi connectivity index (χ0n) is 10.2.